The van der Waals surface area contributed by atoms with Crippen LogP contribution < -0.4 is 0 Å². The minimum absolute atomic E-state index is 0.121. The fourth-order valence-electron chi connectivity index (χ4n) is 1.83. The van der Waals surface area contributed by atoms with E-state index in [1.54, 1.807) is 6.92 Å². The zero-order valence-corrected chi connectivity index (χ0v) is 10.3. The van der Waals surface area contributed by atoms with Gasteiger partial charge < -0.3 is 19.5 Å². The predicted octanol–water partition coefficient (Wildman–Crippen LogP) is 0.0765. The molecule has 1 fully saturated rings. The van der Waals surface area contributed by atoms with Gasteiger partial charge in [0.2, 0.25) is 6.54 Å². The Bertz CT molecular complexity index is 298. The third-order valence-corrected chi connectivity index (χ3v) is 2.66. The molecule has 2 unspecified atom stereocenters. The minimum atomic E-state index is -1.13. The maximum Gasteiger partial charge on any atom is 0.409 e. The van der Waals surface area contributed by atoms with Crippen molar-refractivity contribution in [3.8, 4) is 0 Å². The highest BCUT2D eigenvalue weighted by molar-refractivity contribution is 5.67. The molecule has 0 spiro atoms. The number of aliphatic hydroxyl groups is 1. The van der Waals surface area contributed by atoms with E-state index in [-0.39, 0.29) is 24.0 Å². The summed E-state index contributed by atoms with van der Waals surface area (Å²) in [5.41, 5.74) is 0. The highest BCUT2D eigenvalue weighted by atomic mass is 16.6. The molecule has 1 saturated heterocycles. The van der Waals surface area contributed by atoms with Crippen molar-refractivity contribution < 1.29 is 24.3 Å². The van der Waals surface area contributed by atoms with E-state index in [0.717, 1.165) is 0 Å². The van der Waals surface area contributed by atoms with Crippen LogP contribution in [0, 0.1) is 16.0 Å². The maximum absolute atomic E-state index is 11.6. The van der Waals surface area contributed by atoms with Gasteiger partial charge >= 0.3 is 6.09 Å². The molecule has 0 saturated carbocycles. The lowest BCUT2D eigenvalue weighted by molar-refractivity contribution is -0.487. The second kappa shape index (κ2) is 7.12. The van der Waals surface area contributed by atoms with Crippen LogP contribution in [0.25, 0.3) is 0 Å². The molecule has 1 heterocycles. The molecule has 1 N–H and O–H groups in total. The summed E-state index contributed by atoms with van der Waals surface area (Å²) in [7, 11) is 0. The molecule has 0 bridgehead atoms. The van der Waals surface area contributed by atoms with Crippen LogP contribution in [-0.2, 0) is 9.47 Å². The Hall–Kier alpha value is -1.41. The molecule has 0 aromatic heterocycles. The van der Waals surface area contributed by atoms with Gasteiger partial charge in [0.25, 0.3) is 0 Å². The quantitative estimate of drug-likeness (QED) is 0.413. The van der Waals surface area contributed by atoms with E-state index < -0.39 is 12.4 Å². The number of nitrogens with zero attached hydrogens (tertiary/aromatic N) is 2. The van der Waals surface area contributed by atoms with Crippen LogP contribution in [0.2, 0.25) is 0 Å². The summed E-state index contributed by atoms with van der Waals surface area (Å²) in [6, 6.07) is 0. The van der Waals surface area contributed by atoms with Gasteiger partial charge in [0.1, 0.15) is 6.61 Å². The molecule has 2 atom stereocenters. The van der Waals surface area contributed by atoms with E-state index in [4.69, 9.17) is 9.47 Å². The molecule has 8 nitrogen and oxygen atoms in total. The van der Waals surface area contributed by atoms with E-state index >= 15 is 0 Å². The summed E-state index contributed by atoms with van der Waals surface area (Å²) < 4.78 is 9.63. The van der Waals surface area contributed by atoms with Crippen LogP contribution in [0.15, 0.2) is 0 Å². The van der Waals surface area contributed by atoms with E-state index in [9.17, 15) is 20.0 Å². The lowest BCUT2D eigenvalue weighted by Gasteiger charge is -2.17. The van der Waals surface area contributed by atoms with E-state index in [1.165, 1.54) is 4.90 Å². The Morgan fingerprint density at radius 3 is 3.00 bits per heavy atom. The second-order valence-electron chi connectivity index (χ2n) is 4.10. The third kappa shape index (κ3) is 4.84. The first-order valence-electron chi connectivity index (χ1n) is 5.86. The molecule has 104 valence electrons. The van der Waals surface area contributed by atoms with Gasteiger partial charge in [0.05, 0.1) is 0 Å². The van der Waals surface area contributed by atoms with E-state index in [1.807, 2.05) is 0 Å². The molecule has 0 radical (unpaired) electrons. The molecule has 1 aliphatic rings. The van der Waals surface area contributed by atoms with Crippen LogP contribution in [0.4, 0.5) is 4.79 Å². The molecule has 0 aromatic rings. The van der Waals surface area contributed by atoms with Crippen molar-refractivity contribution >= 4 is 6.09 Å². The SMILES string of the molecule is CCOC(O)COC(=O)N1CCC(C[N+](=O)[O-])C1. The number of carbonyl (C=O) groups is 1. The highest BCUT2D eigenvalue weighted by Crippen LogP contribution is 2.17. The first-order chi connectivity index (χ1) is 8.52. The van der Waals surface area contributed by atoms with Crippen molar-refractivity contribution in [3.63, 3.8) is 0 Å². The van der Waals surface area contributed by atoms with Crippen molar-refractivity contribution in [2.75, 3.05) is 32.8 Å². The zero-order valence-electron chi connectivity index (χ0n) is 10.3. The standard InChI is InChI=1S/C10H18N2O6/c1-2-17-9(13)7-18-10(14)11-4-3-8(5-11)6-12(15)16/h8-9,13H,2-7H2,1H3. The van der Waals surface area contributed by atoms with Crippen molar-refractivity contribution in [1.29, 1.82) is 0 Å². The smallest absolute Gasteiger partial charge is 0.409 e. The van der Waals surface area contributed by atoms with Gasteiger partial charge in [-0.25, -0.2) is 4.79 Å². The highest BCUT2D eigenvalue weighted by Gasteiger charge is 2.30. The fourth-order valence-corrected chi connectivity index (χ4v) is 1.83. The number of hydrogen-bond donors (Lipinski definition) is 1. The minimum Gasteiger partial charge on any atom is -0.444 e. The molecule has 0 aliphatic carbocycles. The molecule has 8 heteroatoms. The summed E-state index contributed by atoms with van der Waals surface area (Å²) in [6.45, 7) is 2.45. The average molecular weight is 262 g/mol. The molecule has 0 aromatic carbocycles. The van der Waals surface area contributed by atoms with Crippen LogP contribution >= 0.6 is 0 Å². The van der Waals surface area contributed by atoms with Gasteiger partial charge in [-0.15, -0.1) is 0 Å². The summed E-state index contributed by atoms with van der Waals surface area (Å²) in [6.07, 6.45) is -1.10. The summed E-state index contributed by atoms with van der Waals surface area (Å²) in [4.78, 5) is 22.9. The predicted molar refractivity (Wildman–Crippen MR) is 60.5 cm³/mol. The number of aliphatic hydroxyl groups excluding tert-OH is 1. The van der Waals surface area contributed by atoms with Crippen LogP contribution in [-0.4, -0.2) is 60.2 Å². The Morgan fingerprint density at radius 1 is 1.67 bits per heavy atom. The van der Waals surface area contributed by atoms with Gasteiger partial charge in [-0.05, 0) is 13.3 Å². The zero-order chi connectivity index (χ0) is 13.5. The Morgan fingerprint density at radius 2 is 2.39 bits per heavy atom. The van der Waals surface area contributed by atoms with Crippen molar-refractivity contribution in [1.82, 2.24) is 4.90 Å². The van der Waals surface area contributed by atoms with Crippen LogP contribution in [0.5, 0.6) is 0 Å². The first-order valence-corrected chi connectivity index (χ1v) is 5.86. The number of rotatable bonds is 6. The van der Waals surface area contributed by atoms with Gasteiger partial charge in [0, 0.05) is 30.5 Å². The topological polar surface area (TPSA) is 102 Å². The Balaban J connectivity index is 2.25. The molecular formula is C10H18N2O6. The molecule has 1 aliphatic heterocycles. The maximum atomic E-state index is 11.6. The average Bonchev–Trinajstić information content (AvgIpc) is 2.74. The van der Waals surface area contributed by atoms with Crippen molar-refractivity contribution in [2.24, 2.45) is 5.92 Å². The van der Waals surface area contributed by atoms with Crippen molar-refractivity contribution in [2.45, 2.75) is 19.6 Å². The first kappa shape index (κ1) is 14.7. The molecule has 1 rings (SSSR count). The molecule has 18 heavy (non-hydrogen) atoms. The van der Waals surface area contributed by atoms with E-state index in [2.05, 4.69) is 0 Å². The summed E-state index contributed by atoms with van der Waals surface area (Å²) in [5, 5.41) is 19.5. The number of ether oxygens (including phenoxy) is 2. The Kier molecular flexibility index (Phi) is 5.79. The monoisotopic (exact) mass is 262 g/mol. The summed E-state index contributed by atoms with van der Waals surface area (Å²) >= 11 is 0. The fraction of sp³-hybridized carbons (Fsp3) is 0.900. The van der Waals surface area contributed by atoms with Gasteiger partial charge in [-0.3, -0.25) is 10.1 Å². The summed E-state index contributed by atoms with van der Waals surface area (Å²) in [5.74, 6) is -0.121. The Labute approximate surface area is 105 Å². The number of nitro groups is 1. The van der Waals surface area contributed by atoms with Crippen LogP contribution in [0.3, 0.4) is 0 Å². The molecule has 1 amide bonds. The number of hydrogen-bond acceptors (Lipinski definition) is 6. The number of carbonyl (C=O) groups excluding carboxylic acids is 1. The van der Waals surface area contributed by atoms with E-state index in [0.29, 0.717) is 26.1 Å². The third-order valence-electron chi connectivity index (χ3n) is 2.66. The van der Waals surface area contributed by atoms with Crippen molar-refractivity contribution in [3.05, 3.63) is 10.1 Å². The largest absolute Gasteiger partial charge is 0.444 e. The second-order valence-corrected chi connectivity index (χ2v) is 4.10. The van der Waals surface area contributed by atoms with Gasteiger partial charge in [0.15, 0.2) is 6.29 Å². The van der Waals surface area contributed by atoms with Gasteiger partial charge in [-0.1, -0.05) is 0 Å². The molecular weight excluding hydrogens is 244 g/mol. The number of likely N-dealkylation sites (tertiary alicyclic amines) is 1. The normalized spacial score (nSPS) is 20.8. The van der Waals surface area contributed by atoms with Crippen LogP contribution in [0.1, 0.15) is 13.3 Å². The van der Waals surface area contributed by atoms with Gasteiger partial charge in [-0.2, -0.15) is 0 Å². The lowest BCUT2D eigenvalue weighted by Crippen LogP contribution is -2.33. The lowest BCUT2D eigenvalue weighted by atomic mass is 10.1. The number of amides is 1.